The number of thiol groups is 1. The molecule has 3 unspecified atom stereocenters. The Balaban J connectivity index is 2.38. The number of hydrogen-bond donors (Lipinski definition) is 1. The minimum absolute atomic E-state index is 0.662. The van der Waals surface area contributed by atoms with Crippen LogP contribution in [0.5, 0.6) is 0 Å². The van der Waals surface area contributed by atoms with Crippen molar-refractivity contribution in [2.45, 2.75) is 42.4 Å². The summed E-state index contributed by atoms with van der Waals surface area (Å²) in [6, 6.07) is 0. The Kier molecular flexibility index (Phi) is 2.77. The van der Waals surface area contributed by atoms with E-state index in [1.165, 1.54) is 12.8 Å². The Hall–Kier alpha value is 0.700. The molecule has 0 N–H and O–H groups in total. The maximum atomic E-state index is 4.51. The molecule has 1 rings (SSSR count). The predicted octanol–water partition coefficient (Wildman–Crippen LogP) is 2.59. The van der Waals surface area contributed by atoms with Crippen LogP contribution in [0.15, 0.2) is 0 Å². The summed E-state index contributed by atoms with van der Waals surface area (Å²) in [5, 5.41) is 2.33. The van der Waals surface area contributed by atoms with Crippen LogP contribution in [0.2, 0.25) is 0 Å². The topological polar surface area (TPSA) is 0 Å². The second kappa shape index (κ2) is 3.20. The number of hydrogen-bond acceptors (Lipinski definition) is 2. The van der Waals surface area contributed by atoms with E-state index in [4.69, 9.17) is 0 Å². The lowest BCUT2D eigenvalue weighted by Crippen LogP contribution is -2.08. The van der Waals surface area contributed by atoms with Gasteiger partial charge >= 0.3 is 0 Å². The average Bonchev–Trinajstić information content (AvgIpc) is 2.10. The molecule has 54 valence electrons. The van der Waals surface area contributed by atoms with Gasteiger partial charge in [-0.05, 0) is 12.8 Å². The molecule has 0 aromatic carbocycles. The Labute approximate surface area is 67.2 Å². The molecular formula is C7H14S2. The lowest BCUT2D eigenvalue weighted by molar-refractivity contribution is 0.748. The Bertz CT molecular complexity index is 92.9. The van der Waals surface area contributed by atoms with Crippen LogP contribution in [0.25, 0.3) is 0 Å². The lowest BCUT2D eigenvalue weighted by Gasteiger charge is -2.08. The molecule has 0 aromatic rings. The zero-order chi connectivity index (χ0) is 6.85. The van der Waals surface area contributed by atoms with Crippen LogP contribution in [-0.2, 0) is 0 Å². The molecule has 0 aromatic heterocycles. The summed E-state index contributed by atoms with van der Waals surface area (Å²) < 4.78 is 0. The molecule has 0 nitrogen and oxygen atoms in total. The molecule has 1 aliphatic heterocycles. The van der Waals surface area contributed by atoms with Crippen molar-refractivity contribution in [3.8, 4) is 0 Å². The summed E-state index contributed by atoms with van der Waals surface area (Å²) in [7, 11) is 0. The molecule has 1 heterocycles. The Morgan fingerprint density at radius 1 is 1.67 bits per heavy atom. The van der Waals surface area contributed by atoms with Crippen LogP contribution >= 0.6 is 24.4 Å². The van der Waals surface area contributed by atoms with Crippen molar-refractivity contribution in [3.05, 3.63) is 0 Å². The van der Waals surface area contributed by atoms with E-state index in [1.807, 2.05) is 0 Å². The third kappa shape index (κ3) is 1.81. The van der Waals surface area contributed by atoms with Crippen LogP contribution in [-0.4, -0.2) is 15.7 Å². The number of thioether (sulfide) groups is 1. The SMILES string of the molecule is CCC1SC(C)CC1S. The molecule has 1 fully saturated rings. The monoisotopic (exact) mass is 162 g/mol. The third-order valence-electron chi connectivity index (χ3n) is 1.81. The van der Waals surface area contributed by atoms with E-state index in [0.717, 1.165) is 10.5 Å². The van der Waals surface area contributed by atoms with Crippen molar-refractivity contribution in [2.75, 3.05) is 0 Å². The zero-order valence-corrected chi connectivity index (χ0v) is 7.71. The molecule has 0 spiro atoms. The second-order valence-electron chi connectivity index (χ2n) is 2.70. The summed E-state index contributed by atoms with van der Waals surface area (Å²) in [5.74, 6) is 0. The summed E-state index contributed by atoms with van der Waals surface area (Å²) in [6.45, 7) is 4.54. The van der Waals surface area contributed by atoms with E-state index in [1.54, 1.807) is 0 Å². The fourth-order valence-corrected chi connectivity index (χ4v) is 3.59. The van der Waals surface area contributed by atoms with Crippen molar-refractivity contribution in [2.24, 2.45) is 0 Å². The average molecular weight is 162 g/mol. The van der Waals surface area contributed by atoms with Crippen LogP contribution < -0.4 is 0 Å². The van der Waals surface area contributed by atoms with Crippen molar-refractivity contribution in [1.29, 1.82) is 0 Å². The summed E-state index contributed by atoms with van der Waals surface area (Å²) >= 11 is 6.60. The van der Waals surface area contributed by atoms with Gasteiger partial charge in [-0.3, -0.25) is 0 Å². The van der Waals surface area contributed by atoms with Crippen LogP contribution in [0, 0.1) is 0 Å². The maximum Gasteiger partial charge on any atom is 0.0164 e. The first-order valence-electron chi connectivity index (χ1n) is 3.57. The normalized spacial score (nSPS) is 43.7. The van der Waals surface area contributed by atoms with Gasteiger partial charge in [-0.2, -0.15) is 24.4 Å². The highest BCUT2D eigenvalue weighted by molar-refractivity contribution is 8.01. The van der Waals surface area contributed by atoms with Gasteiger partial charge < -0.3 is 0 Å². The highest BCUT2D eigenvalue weighted by atomic mass is 32.2. The summed E-state index contributed by atoms with van der Waals surface area (Å²) in [4.78, 5) is 0. The van der Waals surface area contributed by atoms with Gasteiger partial charge in [0.25, 0.3) is 0 Å². The highest BCUT2D eigenvalue weighted by Gasteiger charge is 2.28. The quantitative estimate of drug-likeness (QED) is 0.578. The Morgan fingerprint density at radius 3 is 2.56 bits per heavy atom. The van der Waals surface area contributed by atoms with Crippen molar-refractivity contribution in [1.82, 2.24) is 0 Å². The summed E-state index contributed by atoms with van der Waals surface area (Å²) in [6.07, 6.45) is 2.58. The van der Waals surface area contributed by atoms with Crippen LogP contribution in [0.1, 0.15) is 26.7 Å². The fraction of sp³-hybridized carbons (Fsp3) is 1.00. The smallest absolute Gasteiger partial charge is 0.0164 e. The molecular weight excluding hydrogens is 148 g/mol. The Morgan fingerprint density at radius 2 is 2.33 bits per heavy atom. The maximum absolute atomic E-state index is 4.51. The molecule has 1 aliphatic rings. The van der Waals surface area contributed by atoms with Crippen LogP contribution in [0.3, 0.4) is 0 Å². The molecule has 0 aliphatic carbocycles. The second-order valence-corrected chi connectivity index (χ2v) is 5.04. The molecule has 1 saturated heterocycles. The van der Waals surface area contributed by atoms with Gasteiger partial charge in [-0.25, -0.2) is 0 Å². The van der Waals surface area contributed by atoms with Gasteiger partial charge in [-0.15, -0.1) is 0 Å². The minimum Gasteiger partial charge on any atom is -0.175 e. The summed E-state index contributed by atoms with van der Waals surface area (Å²) in [5.41, 5.74) is 0. The molecule has 0 bridgehead atoms. The fourth-order valence-electron chi connectivity index (χ4n) is 1.30. The minimum atomic E-state index is 0.662. The van der Waals surface area contributed by atoms with Gasteiger partial charge in [0.15, 0.2) is 0 Å². The van der Waals surface area contributed by atoms with E-state index in [-0.39, 0.29) is 0 Å². The van der Waals surface area contributed by atoms with E-state index >= 15 is 0 Å². The molecule has 2 heteroatoms. The van der Waals surface area contributed by atoms with Crippen LogP contribution in [0.4, 0.5) is 0 Å². The van der Waals surface area contributed by atoms with Gasteiger partial charge in [0.2, 0.25) is 0 Å². The number of rotatable bonds is 1. The molecule has 0 saturated carbocycles. The van der Waals surface area contributed by atoms with Gasteiger partial charge in [0.05, 0.1) is 0 Å². The van der Waals surface area contributed by atoms with Gasteiger partial charge in [0.1, 0.15) is 0 Å². The van der Waals surface area contributed by atoms with Crippen molar-refractivity contribution < 1.29 is 0 Å². The molecule has 9 heavy (non-hydrogen) atoms. The standard InChI is InChI=1S/C7H14S2/c1-3-7-6(8)4-5(2)9-7/h5-8H,3-4H2,1-2H3. The molecule has 0 amide bonds. The highest BCUT2D eigenvalue weighted by Crippen LogP contribution is 2.38. The lowest BCUT2D eigenvalue weighted by atomic mass is 10.2. The first-order chi connectivity index (χ1) is 4.24. The predicted molar refractivity (Wildman–Crippen MR) is 48.5 cm³/mol. The first-order valence-corrected chi connectivity index (χ1v) is 5.03. The van der Waals surface area contributed by atoms with Crippen molar-refractivity contribution in [3.63, 3.8) is 0 Å². The third-order valence-corrected chi connectivity index (χ3v) is 4.25. The largest absolute Gasteiger partial charge is 0.175 e. The molecule has 3 atom stereocenters. The molecule has 0 radical (unpaired) electrons. The van der Waals surface area contributed by atoms with Gasteiger partial charge in [-0.1, -0.05) is 13.8 Å². The zero-order valence-electron chi connectivity index (χ0n) is 6.00. The van der Waals surface area contributed by atoms with E-state index in [2.05, 4.69) is 38.2 Å². The van der Waals surface area contributed by atoms with E-state index in [0.29, 0.717) is 5.25 Å². The van der Waals surface area contributed by atoms with Crippen molar-refractivity contribution >= 4 is 24.4 Å². The first kappa shape index (κ1) is 7.80. The van der Waals surface area contributed by atoms with E-state index < -0.39 is 0 Å². The van der Waals surface area contributed by atoms with Gasteiger partial charge in [0, 0.05) is 15.7 Å². The van der Waals surface area contributed by atoms with E-state index in [9.17, 15) is 0 Å².